The van der Waals surface area contributed by atoms with Gasteiger partial charge in [-0.15, -0.1) is 0 Å². The summed E-state index contributed by atoms with van der Waals surface area (Å²) in [6, 6.07) is 5.76. The number of aromatic carboxylic acids is 1. The van der Waals surface area contributed by atoms with Crippen molar-refractivity contribution in [2.75, 3.05) is 5.73 Å². The SMILES string of the molecule is Nc1nc2ccc(Cn3ccnc3C(=O)O)cc2s1. The average molecular weight is 274 g/mol. The average Bonchev–Trinajstić information content (AvgIpc) is 2.94. The molecule has 0 radical (unpaired) electrons. The van der Waals surface area contributed by atoms with E-state index in [0.29, 0.717) is 11.7 Å². The molecule has 0 saturated heterocycles. The number of carbonyl (C=O) groups is 1. The fourth-order valence-electron chi connectivity index (χ4n) is 1.92. The van der Waals surface area contributed by atoms with Gasteiger partial charge in [0.15, 0.2) is 5.13 Å². The maximum absolute atomic E-state index is 11.0. The number of carboxylic acids is 1. The Bertz CT molecular complexity index is 762. The number of aromatic nitrogens is 3. The first-order chi connectivity index (χ1) is 9.13. The molecule has 7 heteroatoms. The maximum atomic E-state index is 11.0. The van der Waals surface area contributed by atoms with Gasteiger partial charge in [-0.25, -0.2) is 14.8 Å². The number of nitrogens with two attached hydrogens (primary N) is 1. The van der Waals surface area contributed by atoms with Gasteiger partial charge in [-0.3, -0.25) is 0 Å². The molecule has 6 nitrogen and oxygen atoms in total. The van der Waals surface area contributed by atoms with E-state index in [1.165, 1.54) is 17.5 Å². The van der Waals surface area contributed by atoms with Gasteiger partial charge in [-0.1, -0.05) is 17.4 Å². The van der Waals surface area contributed by atoms with Crippen molar-refractivity contribution >= 4 is 32.7 Å². The number of hydrogen-bond donors (Lipinski definition) is 2. The van der Waals surface area contributed by atoms with Crippen LogP contribution in [0, 0.1) is 0 Å². The lowest BCUT2D eigenvalue weighted by Crippen LogP contribution is -2.09. The minimum atomic E-state index is -1.03. The lowest BCUT2D eigenvalue weighted by molar-refractivity contribution is 0.0679. The molecule has 0 unspecified atom stereocenters. The van der Waals surface area contributed by atoms with E-state index in [0.717, 1.165) is 15.8 Å². The van der Waals surface area contributed by atoms with Gasteiger partial charge >= 0.3 is 5.97 Å². The van der Waals surface area contributed by atoms with Crippen LogP contribution in [0.2, 0.25) is 0 Å². The summed E-state index contributed by atoms with van der Waals surface area (Å²) in [5, 5.41) is 9.53. The lowest BCUT2D eigenvalue weighted by atomic mass is 10.2. The van der Waals surface area contributed by atoms with E-state index in [1.54, 1.807) is 10.8 Å². The standard InChI is InChI=1S/C12H10N4O2S/c13-12-15-8-2-1-7(5-9(8)19-12)6-16-4-3-14-10(16)11(17)18/h1-5H,6H2,(H2,13,15)(H,17,18). The van der Waals surface area contributed by atoms with Crippen molar-refractivity contribution in [3.63, 3.8) is 0 Å². The minimum absolute atomic E-state index is 0.0314. The number of hydrogen-bond acceptors (Lipinski definition) is 5. The fraction of sp³-hybridized carbons (Fsp3) is 0.0833. The summed E-state index contributed by atoms with van der Waals surface area (Å²) < 4.78 is 2.58. The van der Waals surface area contributed by atoms with E-state index in [-0.39, 0.29) is 5.82 Å². The molecule has 2 aromatic heterocycles. The van der Waals surface area contributed by atoms with Gasteiger partial charge in [-0.05, 0) is 17.7 Å². The Morgan fingerprint density at radius 3 is 3.11 bits per heavy atom. The Morgan fingerprint density at radius 1 is 1.47 bits per heavy atom. The molecule has 0 fully saturated rings. The first-order valence-corrected chi connectivity index (χ1v) is 6.34. The van der Waals surface area contributed by atoms with Gasteiger partial charge in [0.25, 0.3) is 0 Å². The molecule has 96 valence electrons. The molecule has 3 N–H and O–H groups in total. The molecule has 2 heterocycles. The highest BCUT2D eigenvalue weighted by Gasteiger charge is 2.11. The molecule has 19 heavy (non-hydrogen) atoms. The highest BCUT2D eigenvalue weighted by molar-refractivity contribution is 7.22. The number of carboxylic acid groups (broad SMARTS) is 1. The monoisotopic (exact) mass is 274 g/mol. The number of anilines is 1. The third kappa shape index (κ3) is 2.15. The van der Waals surface area contributed by atoms with E-state index in [4.69, 9.17) is 10.8 Å². The quantitative estimate of drug-likeness (QED) is 0.759. The Balaban J connectivity index is 1.96. The van der Waals surface area contributed by atoms with Gasteiger partial charge in [0.2, 0.25) is 5.82 Å². The molecule has 0 aliphatic carbocycles. The van der Waals surface area contributed by atoms with Gasteiger partial charge < -0.3 is 15.4 Å². The van der Waals surface area contributed by atoms with Crippen LogP contribution in [0.25, 0.3) is 10.2 Å². The smallest absolute Gasteiger partial charge is 0.372 e. The number of benzene rings is 1. The zero-order chi connectivity index (χ0) is 13.4. The van der Waals surface area contributed by atoms with Crippen LogP contribution >= 0.6 is 11.3 Å². The predicted octanol–water partition coefficient (Wildman–Crippen LogP) is 1.82. The molecule has 3 rings (SSSR count). The number of rotatable bonds is 3. The van der Waals surface area contributed by atoms with Gasteiger partial charge in [0.1, 0.15) is 0 Å². The number of nitrogens with zero attached hydrogens (tertiary/aromatic N) is 3. The molecule has 1 aromatic carbocycles. The van der Waals surface area contributed by atoms with Crippen LogP contribution in [0.4, 0.5) is 5.13 Å². The molecule has 0 bridgehead atoms. The van der Waals surface area contributed by atoms with E-state index >= 15 is 0 Å². The zero-order valence-electron chi connectivity index (χ0n) is 9.78. The Kier molecular flexibility index (Phi) is 2.68. The molecule has 0 aliphatic rings. The summed E-state index contributed by atoms with van der Waals surface area (Å²) in [7, 11) is 0. The third-order valence-corrected chi connectivity index (χ3v) is 3.58. The Hall–Kier alpha value is -2.41. The van der Waals surface area contributed by atoms with Crippen LogP contribution in [0.1, 0.15) is 16.2 Å². The first kappa shape index (κ1) is 11.7. The summed E-state index contributed by atoms with van der Waals surface area (Å²) in [5.41, 5.74) is 7.49. The van der Waals surface area contributed by atoms with E-state index in [1.807, 2.05) is 18.2 Å². The highest BCUT2D eigenvalue weighted by atomic mass is 32.1. The topological polar surface area (TPSA) is 94.0 Å². The largest absolute Gasteiger partial charge is 0.475 e. The van der Waals surface area contributed by atoms with Gasteiger partial charge in [0.05, 0.1) is 10.2 Å². The van der Waals surface area contributed by atoms with Crippen molar-refractivity contribution in [2.24, 2.45) is 0 Å². The maximum Gasteiger partial charge on any atom is 0.372 e. The second-order valence-corrected chi connectivity index (χ2v) is 5.10. The van der Waals surface area contributed by atoms with Crippen molar-refractivity contribution < 1.29 is 9.90 Å². The molecular formula is C12H10N4O2S. The summed E-state index contributed by atoms with van der Waals surface area (Å²) >= 11 is 1.41. The number of nitrogen functional groups attached to an aromatic ring is 1. The highest BCUT2D eigenvalue weighted by Crippen LogP contribution is 2.25. The van der Waals surface area contributed by atoms with Crippen molar-refractivity contribution in [1.82, 2.24) is 14.5 Å². The van der Waals surface area contributed by atoms with Crippen LogP contribution in [-0.2, 0) is 6.54 Å². The number of fused-ring (bicyclic) bond motifs is 1. The molecule has 0 spiro atoms. The van der Waals surface area contributed by atoms with E-state index < -0.39 is 5.97 Å². The summed E-state index contributed by atoms with van der Waals surface area (Å²) in [5.74, 6) is -1.00. The summed E-state index contributed by atoms with van der Waals surface area (Å²) in [4.78, 5) is 19.0. The second kappa shape index (κ2) is 4.36. The second-order valence-electron chi connectivity index (χ2n) is 4.04. The van der Waals surface area contributed by atoms with E-state index in [2.05, 4.69) is 9.97 Å². The molecule has 0 amide bonds. The van der Waals surface area contributed by atoms with Crippen molar-refractivity contribution in [2.45, 2.75) is 6.54 Å². The van der Waals surface area contributed by atoms with Gasteiger partial charge in [0, 0.05) is 18.9 Å². The van der Waals surface area contributed by atoms with Crippen molar-refractivity contribution in [1.29, 1.82) is 0 Å². The molecule has 0 saturated carbocycles. The minimum Gasteiger partial charge on any atom is -0.475 e. The molecular weight excluding hydrogens is 264 g/mol. The summed E-state index contributed by atoms with van der Waals surface area (Å²) in [6.07, 6.45) is 3.13. The lowest BCUT2D eigenvalue weighted by Gasteiger charge is -2.05. The van der Waals surface area contributed by atoms with Crippen LogP contribution < -0.4 is 5.73 Å². The molecule has 3 aromatic rings. The number of imidazole rings is 1. The summed E-state index contributed by atoms with van der Waals surface area (Å²) in [6.45, 7) is 0.454. The van der Waals surface area contributed by atoms with Crippen molar-refractivity contribution in [3.8, 4) is 0 Å². The predicted molar refractivity (Wildman–Crippen MR) is 72.3 cm³/mol. The zero-order valence-corrected chi connectivity index (χ0v) is 10.6. The van der Waals surface area contributed by atoms with Crippen LogP contribution in [0.3, 0.4) is 0 Å². The fourth-order valence-corrected chi connectivity index (χ4v) is 2.71. The van der Waals surface area contributed by atoms with Crippen molar-refractivity contribution in [3.05, 3.63) is 42.0 Å². The first-order valence-electron chi connectivity index (χ1n) is 5.53. The Morgan fingerprint density at radius 2 is 2.32 bits per heavy atom. The Labute approximate surface area is 112 Å². The van der Waals surface area contributed by atoms with E-state index in [9.17, 15) is 4.79 Å². The molecule has 0 aliphatic heterocycles. The third-order valence-electron chi connectivity index (χ3n) is 2.73. The van der Waals surface area contributed by atoms with Crippen LogP contribution in [0.15, 0.2) is 30.6 Å². The van der Waals surface area contributed by atoms with Crippen LogP contribution in [0.5, 0.6) is 0 Å². The molecule has 0 atom stereocenters. The van der Waals surface area contributed by atoms with Gasteiger partial charge in [-0.2, -0.15) is 0 Å². The normalized spacial score (nSPS) is 10.9. The number of thiazole rings is 1. The van der Waals surface area contributed by atoms with Crippen LogP contribution in [-0.4, -0.2) is 25.6 Å².